The zero-order valence-corrected chi connectivity index (χ0v) is 13.4. The predicted octanol–water partition coefficient (Wildman–Crippen LogP) is 2.34. The van der Waals surface area contributed by atoms with Crippen LogP contribution in [0.2, 0.25) is 0 Å². The van der Waals surface area contributed by atoms with Gasteiger partial charge in [-0.1, -0.05) is 6.92 Å². The van der Waals surface area contributed by atoms with Gasteiger partial charge in [0, 0.05) is 37.1 Å². The number of rotatable bonds is 5. The molecule has 0 aliphatic heterocycles. The lowest BCUT2D eigenvalue weighted by Crippen LogP contribution is -2.20. The maximum absolute atomic E-state index is 12.2. The van der Waals surface area contributed by atoms with Crippen molar-refractivity contribution in [1.82, 2.24) is 14.8 Å². The van der Waals surface area contributed by atoms with Crippen LogP contribution in [0.1, 0.15) is 43.1 Å². The Bertz CT molecular complexity index is 710. The molecule has 2 aromatic rings. The minimum Gasteiger partial charge on any atom is -0.352 e. The fourth-order valence-corrected chi connectivity index (χ4v) is 2.68. The van der Waals surface area contributed by atoms with Crippen molar-refractivity contribution in [3.05, 3.63) is 45.6 Å². The van der Waals surface area contributed by atoms with Gasteiger partial charge in [0.2, 0.25) is 11.3 Å². The van der Waals surface area contributed by atoms with E-state index in [1.807, 2.05) is 32.3 Å². The summed E-state index contributed by atoms with van der Waals surface area (Å²) in [7, 11) is 0. The van der Waals surface area contributed by atoms with E-state index in [4.69, 9.17) is 0 Å². The zero-order valence-electron chi connectivity index (χ0n) is 13.4. The van der Waals surface area contributed by atoms with E-state index in [1.54, 1.807) is 12.4 Å². The minimum atomic E-state index is -0.179. The van der Waals surface area contributed by atoms with Crippen molar-refractivity contribution in [1.29, 1.82) is 0 Å². The number of nitrogens with one attached hydrogen (secondary N) is 2. The molecule has 22 heavy (non-hydrogen) atoms. The van der Waals surface area contributed by atoms with E-state index in [9.17, 15) is 9.59 Å². The van der Waals surface area contributed by atoms with Crippen LogP contribution in [0.3, 0.4) is 0 Å². The van der Waals surface area contributed by atoms with Crippen molar-refractivity contribution in [2.75, 3.05) is 5.32 Å². The molecule has 2 aromatic heterocycles. The summed E-state index contributed by atoms with van der Waals surface area (Å²) < 4.78 is 1.85. The smallest absolute Gasteiger partial charge is 0.225 e. The molecule has 0 saturated heterocycles. The highest BCUT2D eigenvalue weighted by Gasteiger charge is 2.18. The van der Waals surface area contributed by atoms with Gasteiger partial charge in [-0.2, -0.15) is 5.10 Å². The van der Waals surface area contributed by atoms with Gasteiger partial charge in [-0.25, -0.2) is 0 Å². The Labute approximate surface area is 129 Å². The lowest BCUT2D eigenvalue weighted by Gasteiger charge is -2.13. The SMILES string of the molecule is CCn1ccc(=O)c(NC(=O)CC(C)c2c(C)n[nH]c2C)c1. The Balaban J connectivity index is 2.09. The molecule has 6 nitrogen and oxygen atoms in total. The number of carbonyl (C=O) groups excluding carboxylic acids is 1. The third-order valence-electron chi connectivity index (χ3n) is 3.79. The van der Waals surface area contributed by atoms with Crippen molar-refractivity contribution >= 4 is 11.6 Å². The van der Waals surface area contributed by atoms with Crippen molar-refractivity contribution < 1.29 is 4.79 Å². The second-order valence-electron chi connectivity index (χ2n) is 5.55. The van der Waals surface area contributed by atoms with Crippen LogP contribution in [-0.4, -0.2) is 20.7 Å². The molecule has 1 amide bonds. The van der Waals surface area contributed by atoms with Gasteiger partial charge in [-0.05, 0) is 32.3 Å². The molecule has 118 valence electrons. The lowest BCUT2D eigenvalue weighted by atomic mass is 9.95. The van der Waals surface area contributed by atoms with Crippen LogP contribution in [0.4, 0.5) is 5.69 Å². The van der Waals surface area contributed by atoms with E-state index in [1.165, 1.54) is 6.07 Å². The molecule has 6 heteroatoms. The van der Waals surface area contributed by atoms with E-state index in [0.717, 1.165) is 23.5 Å². The van der Waals surface area contributed by atoms with Crippen LogP contribution >= 0.6 is 0 Å². The Morgan fingerprint density at radius 1 is 1.45 bits per heavy atom. The number of carbonyl (C=O) groups is 1. The number of H-pyrrole nitrogens is 1. The highest BCUT2D eigenvalue weighted by molar-refractivity contribution is 5.91. The second kappa shape index (κ2) is 6.60. The molecular weight excluding hydrogens is 280 g/mol. The first-order valence-electron chi connectivity index (χ1n) is 7.43. The van der Waals surface area contributed by atoms with E-state index >= 15 is 0 Å². The fourth-order valence-electron chi connectivity index (χ4n) is 2.68. The van der Waals surface area contributed by atoms with Gasteiger partial charge in [-0.15, -0.1) is 0 Å². The summed E-state index contributed by atoms with van der Waals surface area (Å²) in [5.41, 5.74) is 3.09. The Hall–Kier alpha value is -2.37. The average molecular weight is 302 g/mol. The normalized spacial score (nSPS) is 12.2. The highest BCUT2D eigenvalue weighted by Crippen LogP contribution is 2.24. The molecule has 0 fully saturated rings. The van der Waals surface area contributed by atoms with Crippen LogP contribution in [0, 0.1) is 13.8 Å². The quantitative estimate of drug-likeness (QED) is 0.889. The number of pyridine rings is 1. The number of hydrogen-bond acceptors (Lipinski definition) is 3. The Morgan fingerprint density at radius 3 is 2.77 bits per heavy atom. The summed E-state index contributed by atoms with van der Waals surface area (Å²) in [4.78, 5) is 24.0. The third-order valence-corrected chi connectivity index (χ3v) is 3.79. The fraction of sp³-hybridized carbons (Fsp3) is 0.438. The Kier molecular flexibility index (Phi) is 4.80. The minimum absolute atomic E-state index is 0.0378. The van der Waals surface area contributed by atoms with Gasteiger partial charge in [0.05, 0.1) is 5.69 Å². The summed E-state index contributed by atoms with van der Waals surface area (Å²) >= 11 is 0. The standard InChI is InChI=1S/C16H22N4O2/c1-5-20-7-6-14(21)13(9-20)17-15(22)8-10(2)16-11(3)18-19-12(16)4/h6-7,9-10H,5,8H2,1-4H3,(H,17,22)(H,18,19). The summed E-state index contributed by atoms with van der Waals surface area (Å²) in [5, 5.41) is 9.80. The van der Waals surface area contributed by atoms with Gasteiger partial charge >= 0.3 is 0 Å². The number of amides is 1. The number of nitrogens with zero attached hydrogens (tertiary/aromatic N) is 2. The topological polar surface area (TPSA) is 79.8 Å². The molecular formula is C16H22N4O2. The van der Waals surface area contributed by atoms with E-state index in [-0.39, 0.29) is 17.3 Å². The zero-order chi connectivity index (χ0) is 16.3. The molecule has 2 heterocycles. The van der Waals surface area contributed by atoms with Crippen molar-refractivity contribution in [3.63, 3.8) is 0 Å². The number of aryl methyl sites for hydroxylation is 3. The first-order valence-corrected chi connectivity index (χ1v) is 7.43. The van der Waals surface area contributed by atoms with Crippen LogP contribution in [0.5, 0.6) is 0 Å². The highest BCUT2D eigenvalue weighted by atomic mass is 16.2. The van der Waals surface area contributed by atoms with Gasteiger partial charge in [-0.3, -0.25) is 14.7 Å². The summed E-state index contributed by atoms with van der Waals surface area (Å²) in [6.07, 6.45) is 3.68. The molecule has 0 aliphatic rings. The number of anilines is 1. The Morgan fingerprint density at radius 2 is 2.18 bits per heavy atom. The maximum Gasteiger partial charge on any atom is 0.225 e. The first kappa shape index (κ1) is 16.0. The van der Waals surface area contributed by atoms with Gasteiger partial charge in [0.15, 0.2) is 0 Å². The van der Waals surface area contributed by atoms with Crippen LogP contribution in [-0.2, 0) is 11.3 Å². The molecule has 0 aliphatic carbocycles. The number of hydrogen-bond donors (Lipinski definition) is 2. The molecule has 0 saturated carbocycles. The van der Waals surface area contributed by atoms with Gasteiger partial charge in [0.25, 0.3) is 0 Å². The number of aromatic nitrogens is 3. The monoisotopic (exact) mass is 302 g/mol. The number of aromatic amines is 1. The van der Waals surface area contributed by atoms with Crippen LogP contribution in [0.15, 0.2) is 23.3 Å². The molecule has 2 N–H and O–H groups in total. The van der Waals surface area contributed by atoms with Crippen LogP contribution in [0.25, 0.3) is 0 Å². The van der Waals surface area contributed by atoms with Crippen molar-refractivity contribution in [2.45, 2.75) is 46.6 Å². The molecule has 1 unspecified atom stereocenters. The maximum atomic E-state index is 12.2. The second-order valence-corrected chi connectivity index (χ2v) is 5.55. The van der Waals surface area contributed by atoms with E-state index in [0.29, 0.717) is 12.1 Å². The van der Waals surface area contributed by atoms with E-state index < -0.39 is 0 Å². The van der Waals surface area contributed by atoms with Crippen molar-refractivity contribution in [3.8, 4) is 0 Å². The predicted molar refractivity (Wildman–Crippen MR) is 86.1 cm³/mol. The average Bonchev–Trinajstić information content (AvgIpc) is 2.80. The molecule has 1 atom stereocenters. The molecule has 0 radical (unpaired) electrons. The van der Waals surface area contributed by atoms with Gasteiger partial charge in [0.1, 0.15) is 5.69 Å². The third kappa shape index (κ3) is 3.44. The first-order chi connectivity index (χ1) is 10.4. The van der Waals surface area contributed by atoms with Crippen LogP contribution < -0.4 is 10.7 Å². The lowest BCUT2D eigenvalue weighted by molar-refractivity contribution is -0.116. The van der Waals surface area contributed by atoms with Gasteiger partial charge < -0.3 is 9.88 Å². The molecule has 0 spiro atoms. The molecule has 0 bridgehead atoms. The largest absolute Gasteiger partial charge is 0.352 e. The summed E-state index contributed by atoms with van der Waals surface area (Å²) in [6.45, 7) is 8.57. The summed E-state index contributed by atoms with van der Waals surface area (Å²) in [5.74, 6) is -0.130. The van der Waals surface area contributed by atoms with Crippen molar-refractivity contribution in [2.24, 2.45) is 0 Å². The molecule has 2 rings (SSSR count). The van der Waals surface area contributed by atoms with E-state index in [2.05, 4.69) is 15.5 Å². The molecule has 0 aromatic carbocycles. The summed E-state index contributed by atoms with van der Waals surface area (Å²) in [6, 6.07) is 1.47.